The first-order valence-corrected chi connectivity index (χ1v) is 6.99. The predicted molar refractivity (Wildman–Crippen MR) is 38.6 cm³/mol. The third-order valence-corrected chi connectivity index (χ3v) is 3.63. The molecule has 1 nitrogen and oxygen atoms in total. The summed E-state index contributed by atoms with van der Waals surface area (Å²) in [7, 11) is 0. The van der Waals surface area contributed by atoms with Crippen molar-refractivity contribution in [3.8, 4) is 0 Å². The fraction of sp³-hybridized carbons (Fsp3) is 0. The van der Waals surface area contributed by atoms with Gasteiger partial charge < -0.3 is 0 Å². The molecule has 0 aliphatic carbocycles. The van der Waals surface area contributed by atoms with Gasteiger partial charge in [0.1, 0.15) is 0 Å². The first-order valence-electron chi connectivity index (χ1n) is 2.12. The van der Waals surface area contributed by atoms with Gasteiger partial charge in [-0.05, 0) is 0 Å². The number of pyridine rings is 1. The van der Waals surface area contributed by atoms with E-state index in [0.29, 0.717) is 13.1 Å². The Labute approximate surface area is 61.4 Å². The molecule has 0 bridgehead atoms. The molecule has 0 radical (unpaired) electrons. The summed E-state index contributed by atoms with van der Waals surface area (Å²) in [5.74, 6) is 0. The van der Waals surface area contributed by atoms with Gasteiger partial charge in [-0.2, -0.15) is 0 Å². The van der Waals surface area contributed by atoms with Gasteiger partial charge in [0.05, 0.1) is 0 Å². The molecule has 0 fully saturated rings. The van der Waals surface area contributed by atoms with Gasteiger partial charge in [-0.1, -0.05) is 0 Å². The average Bonchev–Trinajstić information content (AvgIpc) is 1.90. The fourth-order valence-electron chi connectivity index (χ4n) is 0.390. The molecular formula is C5H4BrNSe. The summed E-state index contributed by atoms with van der Waals surface area (Å²) in [6.45, 7) is 0. The molecule has 3 heteroatoms. The van der Waals surface area contributed by atoms with Gasteiger partial charge in [0.25, 0.3) is 0 Å². The van der Waals surface area contributed by atoms with E-state index in [9.17, 15) is 0 Å². The summed E-state index contributed by atoms with van der Waals surface area (Å²) in [6.07, 6.45) is 3.61. The topological polar surface area (TPSA) is 12.9 Å². The van der Waals surface area contributed by atoms with E-state index in [1.807, 2.05) is 12.1 Å². The number of hydrogen-bond acceptors (Lipinski definition) is 1. The summed E-state index contributed by atoms with van der Waals surface area (Å²) >= 11 is 3.83. The third kappa shape index (κ3) is 1.58. The van der Waals surface area contributed by atoms with E-state index in [1.54, 1.807) is 12.4 Å². The Kier molecular flexibility index (Phi) is 2.53. The molecule has 1 aromatic rings. The minimum atomic E-state index is 0.440. The first kappa shape index (κ1) is 6.27. The van der Waals surface area contributed by atoms with Gasteiger partial charge in [-0.15, -0.1) is 0 Å². The van der Waals surface area contributed by atoms with Gasteiger partial charge in [0, 0.05) is 0 Å². The van der Waals surface area contributed by atoms with Crippen LogP contribution < -0.4 is 4.46 Å². The van der Waals surface area contributed by atoms with E-state index in [-0.39, 0.29) is 0 Å². The molecule has 0 amide bonds. The Morgan fingerprint density at radius 2 is 2.00 bits per heavy atom. The summed E-state index contributed by atoms with van der Waals surface area (Å²) in [4.78, 5) is 3.88. The van der Waals surface area contributed by atoms with Crippen LogP contribution in [0.3, 0.4) is 0 Å². The van der Waals surface area contributed by atoms with Gasteiger partial charge in [-0.3, -0.25) is 0 Å². The van der Waals surface area contributed by atoms with Crippen LogP contribution >= 0.6 is 14.1 Å². The minimum absolute atomic E-state index is 0.440. The van der Waals surface area contributed by atoms with Crippen LogP contribution in [0.25, 0.3) is 0 Å². The average molecular weight is 237 g/mol. The summed E-state index contributed by atoms with van der Waals surface area (Å²) in [5.41, 5.74) is 0. The Hall–Kier alpha value is 0.149. The molecule has 0 unspecified atom stereocenters. The molecule has 1 rings (SSSR count). The fourth-order valence-corrected chi connectivity index (χ4v) is 1.98. The number of halogens is 1. The standard InChI is InChI=1S/C5H4BrNSe/c6-8-5-1-3-7-4-2-5/h1-4H. The molecular weight excluding hydrogens is 233 g/mol. The second kappa shape index (κ2) is 3.23. The van der Waals surface area contributed by atoms with E-state index >= 15 is 0 Å². The second-order valence-corrected chi connectivity index (χ2v) is 4.26. The van der Waals surface area contributed by atoms with Crippen molar-refractivity contribution < 1.29 is 0 Å². The van der Waals surface area contributed by atoms with Crippen LogP contribution in [0.15, 0.2) is 24.5 Å². The molecule has 1 heterocycles. The number of aromatic nitrogens is 1. The van der Waals surface area contributed by atoms with Crippen LogP contribution in [-0.4, -0.2) is 18.1 Å². The molecule has 1 aromatic heterocycles. The molecule has 42 valence electrons. The van der Waals surface area contributed by atoms with Crippen molar-refractivity contribution in [1.82, 2.24) is 4.98 Å². The molecule has 0 atom stereocenters. The van der Waals surface area contributed by atoms with E-state index < -0.39 is 0 Å². The summed E-state index contributed by atoms with van der Waals surface area (Å²) in [5, 5.41) is 0. The summed E-state index contributed by atoms with van der Waals surface area (Å²) in [6, 6.07) is 4.02. The van der Waals surface area contributed by atoms with E-state index in [4.69, 9.17) is 0 Å². The van der Waals surface area contributed by atoms with E-state index in [0.717, 1.165) is 0 Å². The van der Waals surface area contributed by atoms with Gasteiger partial charge >= 0.3 is 61.2 Å². The Morgan fingerprint density at radius 3 is 2.38 bits per heavy atom. The number of hydrogen-bond donors (Lipinski definition) is 0. The van der Waals surface area contributed by atoms with Gasteiger partial charge in [0.15, 0.2) is 0 Å². The van der Waals surface area contributed by atoms with E-state index in [1.165, 1.54) is 4.46 Å². The maximum atomic E-state index is 3.88. The van der Waals surface area contributed by atoms with Gasteiger partial charge in [0.2, 0.25) is 0 Å². The second-order valence-electron chi connectivity index (χ2n) is 1.26. The zero-order chi connectivity index (χ0) is 5.82. The molecule has 0 spiro atoms. The Bertz CT molecular complexity index is 154. The predicted octanol–water partition coefficient (Wildman–Crippen LogP) is 0.721. The van der Waals surface area contributed by atoms with Crippen molar-refractivity contribution in [2.24, 2.45) is 0 Å². The number of rotatable bonds is 1. The monoisotopic (exact) mass is 237 g/mol. The quantitative estimate of drug-likeness (QED) is 0.656. The van der Waals surface area contributed by atoms with Crippen molar-refractivity contribution >= 4 is 31.7 Å². The van der Waals surface area contributed by atoms with Crippen LogP contribution in [0.2, 0.25) is 0 Å². The number of nitrogens with zero attached hydrogens (tertiary/aromatic N) is 1. The SMILES string of the molecule is Br[Se]c1ccncc1. The Balaban J connectivity index is 2.83. The van der Waals surface area contributed by atoms with Gasteiger partial charge in [-0.25, -0.2) is 0 Å². The first-order chi connectivity index (χ1) is 3.93. The molecule has 8 heavy (non-hydrogen) atoms. The molecule has 0 saturated carbocycles. The summed E-state index contributed by atoms with van der Waals surface area (Å²) < 4.78 is 1.33. The molecule has 0 N–H and O–H groups in total. The van der Waals surface area contributed by atoms with Crippen molar-refractivity contribution in [1.29, 1.82) is 0 Å². The third-order valence-electron chi connectivity index (χ3n) is 0.739. The van der Waals surface area contributed by atoms with Crippen LogP contribution in [0.5, 0.6) is 0 Å². The molecule has 0 aliphatic rings. The van der Waals surface area contributed by atoms with Crippen molar-refractivity contribution in [3.63, 3.8) is 0 Å². The van der Waals surface area contributed by atoms with E-state index in [2.05, 4.69) is 19.1 Å². The van der Waals surface area contributed by atoms with Crippen LogP contribution in [-0.2, 0) is 0 Å². The normalized spacial score (nSPS) is 9.12. The molecule has 0 aliphatic heterocycles. The zero-order valence-corrected chi connectivity index (χ0v) is 7.34. The van der Waals surface area contributed by atoms with Crippen LogP contribution in [0.4, 0.5) is 0 Å². The molecule has 0 saturated heterocycles. The van der Waals surface area contributed by atoms with Crippen LogP contribution in [0.1, 0.15) is 0 Å². The van der Waals surface area contributed by atoms with Crippen LogP contribution in [0, 0.1) is 0 Å². The zero-order valence-electron chi connectivity index (χ0n) is 4.04. The Morgan fingerprint density at radius 1 is 1.38 bits per heavy atom. The van der Waals surface area contributed by atoms with Crippen molar-refractivity contribution in [2.45, 2.75) is 0 Å². The molecule has 0 aromatic carbocycles. The maximum absolute atomic E-state index is 3.88. The van der Waals surface area contributed by atoms with Crippen molar-refractivity contribution in [2.75, 3.05) is 0 Å². The van der Waals surface area contributed by atoms with Crippen molar-refractivity contribution in [3.05, 3.63) is 24.5 Å².